The van der Waals surface area contributed by atoms with Crippen molar-refractivity contribution >= 4 is 34.6 Å². The first-order valence-electron chi connectivity index (χ1n) is 9.15. The number of thioether (sulfide) groups is 1. The molecular weight excluding hydrogens is 348 g/mol. The van der Waals surface area contributed by atoms with Gasteiger partial charge in [-0.05, 0) is 32.4 Å². The summed E-state index contributed by atoms with van der Waals surface area (Å²) in [4.78, 5) is 13.3. The molecule has 1 aliphatic carbocycles. The average Bonchev–Trinajstić information content (AvgIpc) is 3.26. The lowest BCUT2D eigenvalue weighted by Gasteiger charge is -2.17. The molecule has 0 aromatic carbocycles. The van der Waals surface area contributed by atoms with Crippen LogP contribution in [-0.4, -0.2) is 62.9 Å². The number of hydrogen-bond acceptors (Lipinski definition) is 6. The predicted octanol–water partition coefficient (Wildman–Crippen LogP) is 1.61. The second-order valence-electron chi connectivity index (χ2n) is 6.43. The van der Waals surface area contributed by atoms with Crippen molar-refractivity contribution in [1.82, 2.24) is 30.4 Å². The lowest BCUT2D eigenvalue weighted by Crippen LogP contribution is -2.42. The van der Waals surface area contributed by atoms with Gasteiger partial charge in [-0.25, -0.2) is 9.97 Å². The third kappa shape index (κ3) is 4.57. The Morgan fingerprint density at radius 1 is 1.38 bits per heavy atom. The van der Waals surface area contributed by atoms with E-state index in [4.69, 9.17) is 0 Å². The smallest absolute Gasteiger partial charge is 0.191 e. The average molecular weight is 377 g/mol. The van der Waals surface area contributed by atoms with Crippen molar-refractivity contribution in [2.45, 2.75) is 37.5 Å². The largest absolute Gasteiger partial charge is 0.367 e. The van der Waals surface area contributed by atoms with E-state index in [1.165, 1.54) is 19.3 Å². The summed E-state index contributed by atoms with van der Waals surface area (Å²) in [5, 5.41) is 16.2. The van der Waals surface area contributed by atoms with E-state index in [0.29, 0.717) is 19.1 Å². The number of guanidine groups is 1. The molecule has 0 saturated heterocycles. The van der Waals surface area contributed by atoms with Gasteiger partial charge in [0.2, 0.25) is 0 Å². The molecule has 2 heterocycles. The summed E-state index contributed by atoms with van der Waals surface area (Å²) in [6.45, 7) is 4.32. The van der Waals surface area contributed by atoms with Crippen LogP contribution in [0.3, 0.4) is 0 Å². The SMILES string of the molecule is CCNC(=NCCNc1ncnc2c1cnn2C)NC1CCC(SC)C1. The van der Waals surface area contributed by atoms with Gasteiger partial charge in [0.05, 0.1) is 18.1 Å². The van der Waals surface area contributed by atoms with Gasteiger partial charge in [-0.3, -0.25) is 9.67 Å². The summed E-state index contributed by atoms with van der Waals surface area (Å²) in [6.07, 6.45) is 9.26. The molecule has 1 fully saturated rings. The van der Waals surface area contributed by atoms with Crippen LogP contribution in [0.5, 0.6) is 0 Å². The van der Waals surface area contributed by atoms with Crippen LogP contribution in [0.15, 0.2) is 17.5 Å². The van der Waals surface area contributed by atoms with Crippen LogP contribution >= 0.6 is 11.8 Å². The molecule has 2 unspecified atom stereocenters. The van der Waals surface area contributed by atoms with Crippen LogP contribution in [0.4, 0.5) is 5.82 Å². The minimum absolute atomic E-state index is 0.523. The summed E-state index contributed by atoms with van der Waals surface area (Å²) < 4.78 is 1.75. The van der Waals surface area contributed by atoms with Crippen LogP contribution < -0.4 is 16.0 Å². The number of rotatable bonds is 7. The topological polar surface area (TPSA) is 92.1 Å². The van der Waals surface area contributed by atoms with E-state index in [1.807, 2.05) is 18.8 Å². The zero-order chi connectivity index (χ0) is 18.4. The first kappa shape index (κ1) is 18.8. The molecule has 1 aliphatic rings. The Balaban J connectivity index is 1.53. The molecule has 8 nitrogen and oxygen atoms in total. The van der Waals surface area contributed by atoms with Gasteiger partial charge < -0.3 is 16.0 Å². The molecule has 0 spiro atoms. The predicted molar refractivity (Wildman–Crippen MR) is 109 cm³/mol. The third-order valence-electron chi connectivity index (χ3n) is 4.61. The molecule has 142 valence electrons. The van der Waals surface area contributed by atoms with Gasteiger partial charge in [-0.1, -0.05) is 0 Å². The minimum Gasteiger partial charge on any atom is -0.367 e. The summed E-state index contributed by atoms with van der Waals surface area (Å²) in [6, 6.07) is 0.523. The number of nitrogens with one attached hydrogen (secondary N) is 3. The van der Waals surface area contributed by atoms with Gasteiger partial charge in [-0.2, -0.15) is 16.9 Å². The molecule has 2 aromatic rings. The fraction of sp³-hybridized carbons (Fsp3) is 0.647. The molecule has 0 aliphatic heterocycles. The number of aliphatic imine (C=N–C) groups is 1. The van der Waals surface area contributed by atoms with Crippen LogP contribution in [0.1, 0.15) is 26.2 Å². The maximum Gasteiger partial charge on any atom is 0.191 e. The van der Waals surface area contributed by atoms with E-state index in [-0.39, 0.29) is 0 Å². The lowest BCUT2D eigenvalue weighted by molar-refractivity contribution is 0.615. The molecule has 2 aromatic heterocycles. The summed E-state index contributed by atoms with van der Waals surface area (Å²) in [7, 11) is 1.88. The second kappa shape index (κ2) is 9.07. The molecule has 2 atom stereocenters. The van der Waals surface area contributed by atoms with Crippen molar-refractivity contribution in [2.24, 2.45) is 12.0 Å². The first-order chi connectivity index (χ1) is 12.7. The first-order valence-corrected chi connectivity index (χ1v) is 10.4. The number of aromatic nitrogens is 4. The minimum atomic E-state index is 0.523. The molecule has 3 rings (SSSR count). The number of nitrogens with zero attached hydrogens (tertiary/aromatic N) is 5. The van der Waals surface area contributed by atoms with Crippen LogP contribution in [0.25, 0.3) is 11.0 Å². The van der Waals surface area contributed by atoms with Crippen molar-refractivity contribution in [3.05, 3.63) is 12.5 Å². The summed E-state index contributed by atoms with van der Waals surface area (Å²) >= 11 is 1.97. The van der Waals surface area contributed by atoms with E-state index in [0.717, 1.165) is 34.6 Å². The number of fused-ring (bicyclic) bond motifs is 1. The van der Waals surface area contributed by atoms with Crippen LogP contribution in [0, 0.1) is 0 Å². The Morgan fingerprint density at radius 2 is 2.27 bits per heavy atom. The Labute approximate surface area is 158 Å². The zero-order valence-electron chi connectivity index (χ0n) is 15.7. The van der Waals surface area contributed by atoms with Crippen LogP contribution in [0.2, 0.25) is 0 Å². The van der Waals surface area contributed by atoms with Crippen molar-refractivity contribution in [1.29, 1.82) is 0 Å². The normalized spacial score (nSPS) is 20.5. The highest BCUT2D eigenvalue weighted by Crippen LogP contribution is 2.28. The zero-order valence-corrected chi connectivity index (χ0v) is 16.5. The van der Waals surface area contributed by atoms with Gasteiger partial charge in [-0.15, -0.1) is 0 Å². The maximum absolute atomic E-state index is 4.69. The van der Waals surface area contributed by atoms with Gasteiger partial charge >= 0.3 is 0 Å². The number of aryl methyl sites for hydroxylation is 1. The molecule has 1 saturated carbocycles. The van der Waals surface area contributed by atoms with E-state index < -0.39 is 0 Å². The Hall–Kier alpha value is -2.03. The van der Waals surface area contributed by atoms with E-state index in [9.17, 15) is 0 Å². The molecule has 0 amide bonds. The van der Waals surface area contributed by atoms with Crippen molar-refractivity contribution in [2.75, 3.05) is 31.2 Å². The molecular formula is C17H28N8S. The molecule has 0 radical (unpaired) electrons. The van der Waals surface area contributed by atoms with Crippen molar-refractivity contribution < 1.29 is 0 Å². The highest BCUT2D eigenvalue weighted by molar-refractivity contribution is 7.99. The monoisotopic (exact) mass is 376 g/mol. The van der Waals surface area contributed by atoms with Gasteiger partial charge in [0, 0.05) is 31.4 Å². The Morgan fingerprint density at radius 3 is 3.04 bits per heavy atom. The highest BCUT2D eigenvalue weighted by atomic mass is 32.2. The summed E-state index contributed by atoms with van der Waals surface area (Å²) in [5.41, 5.74) is 0.825. The quantitative estimate of drug-likeness (QED) is 0.384. The van der Waals surface area contributed by atoms with Crippen molar-refractivity contribution in [3.63, 3.8) is 0 Å². The molecule has 0 bridgehead atoms. The van der Waals surface area contributed by atoms with E-state index in [2.05, 4.69) is 49.2 Å². The second-order valence-corrected chi connectivity index (χ2v) is 7.57. The Kier molecular flexibility index (Phi) is 6.54. The van der Waals surface area contributed by atoms with Crippen molar-refractivity contribution in [3.8, 4) is 0 Å². The number of anilines is 1. The molecule has 3 N–H and O–H groups in total. The van der Waals surface area contributed by atoms with E-state index in [1.54, 1.807) is 17.2 Å². The van der Waals surface area contributed by atoms with Crippen LogP contribution in [-0.2, 0) is 7.05 Å². The fourth-order valence-corrected chi connectivity index (χ4v) is 4.04. The maximum atomic E-state index is 4.69. The summed E-state index contributed by atoms with van der Waals surface area (Å²) in [5.74, 6) is 1.70. The molecule has 26 heavy (non-hydrogen) atoms. The highest BCUT2D eigenvalue weighted by Gasteiger charge is 2.24. The Bertz CT molecular complexity index is 743. The molecule has 9 heteroatoms. The number of hydrogen-bond donors (Lipinski definition) is 3. The fourth-order valence-electron chi connectivity index (χ4n) is 3.24. The lowest BCUT2D eigenvalue weighted by atomic mass is 10.2. The van der Waals surface area contributed by atoms with E-state index >= 15 is 0 Å². The third-order valence-corrected chi connectivity index (χ3v) is 5.70. The van der Waals surface area contributed by atoms with Gasteiger partial charge in [0.15, 0.2) is 11.6 Å². The van der Waals surface area contributed by atoms with Gasteiger partial charge in [0.1, 0.15) is 12.1 Å². The van der Waals surface area contributed by atoms with Gasteiger partial charge in [0.25, 0.3) is 0 Å². The standard InChI is InChI=1S/C17H28N8S/c1-4-18-17(24-12-5-6-13(9-12)26-3)20-8-7-19-15-14-10-23-25(2)16(14)22-11-21-15/h10-13H,4-9H2,1-3H3,(H2,18,20,24)(H,19,21,22).